The number of hydrogen-bond acceptors (Lipinski definition) is 4. The molecule has 0 saturated heterocycles. The summed E-state index contributed by atoms with van der Waals surface area (Å²) in [7, 11) is 1.88. The monoisotopic (exact) mass is 378 g/mol. The lowest BCUT2D eigenvalue weighted by Crippen LogP contribution is -2.14. The van der Waals surface area contributed by atoms with Crippen molar-refractivity contribution in [2.24, 2.45) is 7.05 Å². The van der Waals surface area contributed by atoms with Crippen LogP contribution < -0.4 is 5.32 Å². The van der Waals surface area contributed by atoms with Crippen LogP contribution in [0.2, 0.25) is 0 Å². The van der Waals surface area contributed by atoms with Crippen molar-refractivity contribution in [2.75, 3.05) is 5.32 Å². The Bertz CT molecular complexity index is 1090. The molecule has 0 radical (unpaired) electrons. The second-order valence-electron chi connectivity index (χ2n) is 5.88. The summed E-state index contributed by atoms with van der Waals surface area (Å²) in [6.45, 7) is 0. The number of anilines is 1. The fourth-order valence-electron chi connectivity index (χ4n) is 2.73. The van der Waals surface area contributed by atoms with Crippen molar-refractivity contribution >= 4 is 23.1 Å². The first-order valence-electron chi connectivity index (χ1n) is 8.22. The van der Waals surface area contributed by atoms with Crippen molar-refractivity contribution < 1.29 is 9.18 Å². The molecule has 0 atom stereocenters. The molecule has 0 fully saturated rings. The quantitative estimate of drug-likeness (QED) is 0.564. The van der Waals surface area contributed by atoms with Crippen LogP contribution in [0.15, 0.2) is 66.2 Å². The van der Waals surface area contributed by atoms with Crippen molar-refractivity contribution in [3.63, 3.8) is 0 Å². The maximum absolute atomic E-state index is 13.7. The van der Waals surface area contributed by atoms with Gasteiger partial charge in [-0.3, -0.25) is 9.48 Å². The Balaban J connectivity index is 1.55. The number of nitrogens with zero attached hydrogens (tertiary/aromatic N) is 3. The van der Waals surface area contributed by atoms with Crippen LogP contribution in [-0.2, 0) is 7.05 Å². The maximum atomic E-state index is 13.7. The Morgan fingerprint density at radius 1 is 1.15 bits per heavy atom. The molecule has 1 aromatic carbocycles. The van der Waals surface area contributed by atoms with Gasteiger partial charge in [-0.2, -0.15) is 5.10 Å². The summed E-state index contributed by atoms with van der Waals surface area (Å²) in [6.07, 6.45) is 1.66. The summed E-state index contributed by atoms with van der Waals surface area (Å²) in [6, 6.07) is 15.4. The van der Waals surface area contributed by atoms with E-state index in [1.807, 2.05) is 36.7 Å². The standard InChI is InChI=1S/C20H15FN4OS/c1-25-17(11-16(24-25)18-7-4-10-27-18)13-8-9-19(22-12-13)23-20(26)14-5-2-3-6-15(14)21/h2-12H,1H3,(H,22,23,26). The zero-order valence-electron chi connectivity index (χ0n) is 14.4. The largest absolute Gasteiger partial charge is 0.306 e. The van der Waals surface area contributed by atoms with E-state index in [-0.39, 0.29) is 5.56 Å². The van der Waals surface area contributed by atoms with Crippen LogP contribution in [0.3, 0.4) is 0 Å². The first-order valence-corrected chi connectivity index (χ1v) is 9.10. The molecule has 27 heavy (non-hydrogen) atoms. The van der Waals surface area contributed by atoms with Gasteiger partial charge in [-0.1, -0.05) is 18.2 Å². The zero-order valence-corrected chi connectivity index (χ0v) is 15.2. The Hall–Kier alpha value is -3.32. The van der Waals surface area contributed by atoms with Crippen LogP contribution in [0.5, 0.6) is 0 Å². The van der Waals surface area contributed by atoms with E-state index in [0.29, 0.717) is 5.82 Å². The third kappa shape index (κ3) is 3.50. The number of hydrogen-bond donors (Lipinski definition) is 1. The van der Waals surface area contributed by atoms with E-state index >= 15 is 0 Å². The van der Waals surface area contributed by atoms with E-state index in [9.17, 15) is 9.18 Å². The number of benzene rings is 1. The van der Waals surface area contributed by atoms with Crippen molar-refractivity contribution in [3.05, 3.63) is 77.6 Å². The van der Waals surface area contributed by atoms with Gasteiger partial charge in [-0.05, 0) is 41.8 Å². The number of rotatable bonds is 4. The second kappa shape index (κ2) is 7.13. The van der Waals surface area contributed by atoms with Gasteiger partial charge < -0.3 is 5.32 Å². The molecule has 4 aromatic rings. The fourth-order valence-corrected chi connectivity index (χ4v) is 3.41. The van der Waals surface area contributed by atoms with Gasteiger partial charge in [0.2, 0.25) is 0 Å². The van der Waals surface area contributed by atoms with E-state index in [1.165, 1.54) is 18.2 Å². The third-order valence-corrected chi connectivity index (χ3v) is 4.97. The summed E-state index contributed by atoms with van der Waals surface area (Å²) in [5.74, 6) is -0.746. The average molecular weight is 378 g/mol. The fraction of sp³-hybridized carbons (Fsp3) is 0.0500. The minimum absolute atomic E-state index is 0.0180. The van der Waals surface area contributed by atoms with Crippen LogP contribution in [0.1, 0.15) is 10.4 Å². The van der Waals surface area contributed by atoms with Crippen LogP contribution >= 0.6 is 11.3 Å². The van der Waals surface area contributed by atoms with E-state index in [4.69, 9.17) is 0 Å². The highest BCUT2D eigenvalue weighted by molar-refractivity contribution is 7.13. The van der Waals surface area contributed by atoms with E-state index in [1.54, 1.807) is 34.3 Å². The van der Waals surface area contributed by atoms with E-state index in [0.717, 1.165) is 21.8 Å². The highest BCUT2D eigenvalue weighted by atomic mass is 32.1. The van der Waals surface area contributed by atoms with Gasteiger partial charge in [0, 0.05) is 18.8 Å². The van der Waals surface area contributed by atoms with Gasteiger partial charge in [-0.25, -0.2) is 9.37 Å². The molecule has 0 bridgehead atoms. The highest BCUT2D eigenvalue weighted by Gasteiger charge is 2.13. The number of carbonyl (C=O) groups excluding carboxylic acids is 1. The normalized spacial score (nSPS) is 10.7. The summed E-state index contributed by atoms with van der Waals surface area (Å²) < 4.78 is 15.5. The van der Waals surface area contributed by atoms with E-state index < -0.39 is 11.7 Å². The molecule has 0 unspecified atom stereocenters. The third-order valence-electron chi connectivity index (χ3n) is 4.07. The van der Waals surface area contributed by atoms with Gasteiger partial charge in [-0.15, -0.1) is 11.3 Å². The smallest absolute Gasteiger partial charge is 0.259 e. The number of nitrogens with one attached hydrogen (secondary N) is 1. The predicted molar refractivity (Wildman–Crippen MR) is 104 cm³/mol. The van der Waals surface area contributed by atoms with Gasteiger partial charge in [0.05, 0.1) is 16.1 Å². The molecule has 3 aromatic heterocycles. The molecule has 1 amide bonds. The molecule has 3 heterocycles. The number of amides is 1. The Labute approximate surface area is 159 Å². The number of carbonyl (C=O) groups is 1. The van der Waals surface area contributed by atoms with Gasteiger partial charge in [0.25, 0.3) is 5.91 Å². The predicted octanol–water partition coefficient (Wildman–Crippen LogP) is 4.60. The van der Waals surface area contributed by atoms with Crippen LogP contribution in [0.25, 0.3) is 21.8 Å². The van der Waals surface area contributed by atoms with Gasteiger partial charge in [0.1, 0.15) is 17.3 Å². The van der Waals surface area contributed by atoms with Crippen LogP contribution in [0.4, 0.5) is 10.2 Å². The molecular formula is C20H15FN4OS. The Morgan fingerprint density at radius 2 is 2.00 bits per heavy atom. The van der Waals surface area contributed by atoms with Crippen LogP contribution in [0, 0.1) is 5.82 Å². The molecule has 0 saturated carbocycles. The summed E-state index contributed by atoms with van der Waals surface area (Å²) in [5, 5.41) is 9.16. The molecule has 4 rings (SSSR count). The second-order valence-corrected chi connectivity index (χ2v) is 6.83. The number of thiophene rings is 1. The maximum Gasteiger partial charge on any atom is 0.259 e. The minimum Gasteiger partial charge on any atom is -0.306 e. The summed E-state index contributed by atoms with van der Waals surface area (Å²) in [4.78, 5) is 17.5. The molecule has 5 nitrogen and oxygen atoms in total. The molecule has 0 aliphatic rings. The van der Waals surface area contributed by atoms with Crippen molar-refractivity contribution in [1.29, 1.82) is 0 Å². The lowest BCUT2D eigenvalue weighted by atomic mass is 10.2. The SMILES string of the molecule is Cn1nc(-c2cccs2)cc1-c1ccc(NC(=O)c2ccccc2F)nc1. The lowest BCUT2D eigenvalue weighted by Gasteiger charge is -2.06. The molecule has 0 aliphatic carbocycles. The van der Waals surface area contributed by atoms with E-state index in [2.05, 4.69) is 15.4 Å². The highest BCUT2D eigenvalue weighted by Crippen LogP contribution is 2.28. The minimum atomic E-state index is -0.567. The molecule has 7 heteroatoms. The van der Waals surface area contributed by atoms with Crippen molar-refractivity contribution in [2.45, 2.75) is 0 Å². The topological polar surface area (TPSA) is 59.8 Å². The molecule has 1 N–H and O–H groups in total. The molecular weight excluding hydrogens is 363 g/mol. The van der Waals surface area contributed by atoms with Crippen molar-refractivity contribution in [1.82, 2.24) is 14.8 Å². The molecule has 134 valence electrons. The average Bonchev–Trinajstić information content (AvgIpc) is 3.32. The Kier molecular flexibility index (Phi) is 4.52. The van der Waals surface area contributed by atoms with Crippen molar-refractivity contribution in [3.8, 4) is 21.8 Å². The first-order chi connectivity index (χ1) is 13.1. The number of halogens is 1. The molecule has 0 spiro atoms. The molecule has 0 aliphatic heterocycles. The number of aryl methyl sites for hydroxylation is 1. The Morgan fingerprint density at radius 3 is 2.70 bits per heavy atom. The van der Waals surface area contributed by atoms with Crippen LogP contribution in [-0.4, -0.2) is 20.7 Å². The first kappa shape index (κ1) is 17.1. The number of aromatic nitrogens is 3. The number of pyridine rings is 1. The summed E-state index contributed by atoms with van der Waals surface area (Å²) in [5.41, 5.74) is 2.67. The summed E-state index contributed by atoms with van der Waals surface area (Å²) >= 11 is 1.63. The van der Waals surface area contributed by atoms with Gasteiger partial charge in [0.15, 0.2) is 0 Å². The zero-order chi connectivity index (χ0) is 18.8. The van der Waals surface area contributed by atoms with Gasteiger partial charge >= 0.3 is 0 Å². The lowest BCUT2D eigenvalue weighted by molar-refractivity contribution is 0.102.